The highest BCUT2D eigenvalue weighted by atomic mass is 16.6. The van der Waals surface area contributed by atoms with Crippen LogP contribution in [0.3, 0.4) is 0 Å². The number of hydrogen-bond donors (Lipinski definition) is 0. The van der Waals surface area contributed by atoms with Crippen molar-refractivity contribution in [2.75, 3.05) is 12.0 Å². The molecule has 0 atom stereocenters. The van der Waals surface area contributed by atoms with E-state index >= 15 is 0 Å². The molecule has 7 heteroatoms. The van der Waals surface area contributed by atoms with E-state index in [-0.39, 0.29) is 12.5 Å². The zero-order valence-corrected chi connectivity index (χ0v) is 14.7. The van der Waals surface area contributed by atoms with Gasteiger partial charge < -0.3 is 9.47 Å². The van der Waals surface area contributed by atoms with Crippen molar-refractivity contribution in [3.63, 3.8) is 0 Å². The van der Waals surface area contributed by atoms with Gasteiger partial charge in [0, 0.05) is 12.4 Å². The van der Waals surface area contributed by atoms with Gasteiger partial charge in [0.1, 0.15) is 11.4 Å². The first-order valence-electron chi connectivity index (χ1n) is 7.73. The zero-order chi connectivity index (χ0) is 18.4. The molecule has 0 saturated carbocycles. The van der Waals surface area contributed by atoms with E-state index in [1.54, 1.807) is 40.0 Å². The number of carbonyl (C=O) groups excluding carboxylic acids is 2. The molecular formula is C18H21N3O4. The summed E-state index contributed by atoms with van der Waals surface area (Å²) in [6.45, 7) is 5.58. The van der Waals surface area contributed by atoms with E-state index < -0.39 is 11.7 Å². The third-order valence-corrected chi connectivity index (χ3v) is 3.15. The van der Waals surface area contributed by atoms with Crippen LogP contribution in [-0.4, -0.2) is 35.1 Å². The van der Waals surface area contributed by atoms with Crippen molar-refractivity contribution in [1.82, 2.24) is 9.97 Å². The van der Waals surface area contributed by atoms with Gasteiger partial charge >= 0.3 is 6.09 Å². The number of amides is 1. The molecule has 0 aliphatic heterocycles. The molecule has 1 aromatic heterocycles. The molecular weight excluding hydrogens is 322 g/mol. The molecule has 7 nitrogen and oxygen atoms in total. The van der Waals surface area contributed by atoms with Gasteiger partial charge in [-0.25, -0.2) is 19.7 Å². The third kappa shape index (κ3) is 5.27. The van der Waals surface area contributed by atoms with E-state index in [4.69, 9.17) is 9.47 Å². The Kier molecular flexibility index (Phi) is 5.69. The van der Waals surface area contributed by atoms with Crippen molar-refractivity contribution in [2.24, 2.45) is 0 Å². The maximum Gasteiger partial charge on any atom is 0.417 e. The van der Waals surface area contributed by atoms with Crippen LogP contribution in [0.25, 0.3) is 0 Å². The highest BCUT2D eigenvalue weighted by molar-refractivity contribution is 5.85. The van der Waals surface area contributed by atoms with E-state index in [0.29, 0.717) is 11.8 Å². The minimum absolute atomic E-state index is 0.163. The molecule has 1 aromatic carbocycles. The fourth-order valence-corrected chi connectivity index (χ4v) is 1.98. The summed E-state index contributed by atoms with van der Waals surface area (Å²) in [6, 6.07) is 7.30. The second-order valence-corrected chi connectivity index (χ2v) is 6.35. The van der Waals surface area contributed by atoms with E-state index in [2.05, 4.69) is 9.97 Å². The van der Waals surface area contributed by atoms with Crippen LogP contribution in [0, 0.1) is 0 Å². The molecule has 25 heavy (non-hydrogen) atoms. The number of hydrogen-bond acceptors (Lipinski definition) is 6. The fraction of sp³-hybridized carbons (Fsp3) is 0.333. The topological polar surface area (TPSA) is 81.6 Å². The van der Waals surface area contributed by atoms with E-state index in [9.17, 15) is 9.59 Å². The predicted molar refractivity (Wildman–Crippen MR) is 92.8 cm³/mol. The summed E-state index contributed by atoms with van der Waals surface area (Å²) in [5.41, 5.74) is 0.532. The number of aldehydes is 1. The fourth-order valence-electron chi connectivity index (χ4n) is 1.98. The SMILES string of the molecule is COc1ccc(CN(C(=O)OC(C)(C)C)c2ncc(C=O)cn2)cc1. The molecule has 0 fully saturated rings. The first kappa shape index (κ1) is 18.4. The Labute approximate surface area is 146 Å². The predicted octanol–water partition coefficient (Wildman–Crippen LogP) is 3.24. The number of nitrogens with zero attached hydrogens (tertiary/aromatic N) is 3. The minimum Gasteiger partial charge on any atom is -0.497 e. The molecule has 0 N–H and O–H groups in total. The Hall–Kier alpha value is -2.96. The second-order valence-electron chi connectivity index (χ2n) is 6.35. The Balaban J connectivity index is 2.29. The van der Waals surface area contributed by atoms with Gasteiger partial charge in [0.2, 0.25) is 5.95 Å². The molecule has 0 unspecified atom stereocenters. The number of carbonyl (C=O) groups is 2. The molecule has 1 heterocycles. The summed E-state index contributed by atoms with van der Waals surface area (Å²) < 4.78 is 10.6. The second kappa shape index (κ2) is 7.74. The number of rotatable bonds is 5. The first-order valence-corrected chi connectivity index (χ1v) is 7.73. The molecule has 2 aromatic rings. The van der Waals surface area contributed by atoms with Crippen LogP contribution >= 0.6 is 0 Å². The Morgan fingerprint density at radius 1 is 1.16 bits per heavy atom. The average molecular weight is 343 g/mol. The average Bonchev–Trinajstić information content (AvgIpc) is 2.59. The van der Waals surface area contributed by atoms with Gasteiger partial charge in [-0.1, -0.05) is 12.1 Å². The van der Waals surface area contributed by atoms with Crippen LogP contribution in [0.5, 0.6) is 5.75 Å². The highest BCUT2D eigenvalue weighted by Gasteiger charge is 2.25. The Bertz CT molecular complexity index is 721. The van der Waals surface area contributed by atoms with Gasteiger partial charge in [0.25, 0.3) is 0 Å². The highest BCUT2D eigenvalue weighted by Crippen LogP contribution is 2.19. The van der Waals surface area contributed by atoms with Crippen LogP contribution in [0.4, 0.5) is 10.7 Å². The van der Waals surface area contributed by atoms with Crippen molar-refractivity contribution in [2.45, 2.75) is 32.9 Å². The van der Waals surface area contributed by atoms with Gasteiger partial charge in [-0.2, -0.15) is 0 Å². The lowest BCUT2D eigenvalue weighted by Crippen LogP contribution is -2.37. The van der Waals surface area contributed by atoms with E-state index in [1.165, 1.54) is 17.3 Å². The van der Waals surface area contributed by atoms with Crippen LogP contribution < -0.4 is 9.64 Å². The summed E-state index contributed by atoms with van der Waals surface area (Å²) >= 11 is 0. The largest absolute Gasteiger partial charge is 0.497 e. The molecule has 132 valence electrons. The first-order chi connectivity index (χ1) is 11.8. The van der Waals surface area contributed by atoms with Gasteiger partial charge in [-0.3, -0.25) is 4.79 Å². The van der Waals surface area contributed by atoms with Crippen LogP contribution in [0.2, 0.25) is 0 Å². The van der Waals surface area contributed by atoms with Gasteiger partial charge in [0.05, 0.1) is 19.2 Å². The number of methoxy groups -OCH3 is 1. The molecule has 0 saturated heterocycles. The lowest BCUT2D eigenvalue weighted by atomic mass is 10.2. The molecule has 0 spiro atoms. The maximum absolute atomic E-state index is 12.6. The smallest absolute Gasteiger partial charge is 0.417 e. The van der Waals surface area contributed by atoms with Gasteiger partial charge in [-0.15, -0.1) is 0 Å². The van der Waals surface area contributed by atoms with Gasteiger partial charge in [-0.05, 0) is 38.5 Å². The lowest BCUT2D eigenvalue weighted by molar-refractivity contribution is 0.0575. The number of ether oxygens (including phenoxy) is 2. The van der Waals surface area contributed by atoms with Gasteiger partial charge in [0.15, 0.2) is 6.29 Å². The van der Waals surface area contributed by atoms with Crippen molar-refractivity contribution < 1.29 is 19.1 Å². The summed E-state index contributed by atoms with van der Waals surface area (Å²) in [4.78, 5) is 32.8. The lowest BCUT2D eigenvalue weighted by Gasteiger charge is -2.26. The summed E-state index contributed by atoms with van der Waals surface area (Å²) in [5.74, 6) is 0.884. The molecule has 1 amide bonds. The van der Waals surface area contributed by atoms with E-state index in [0.717, 1.165) is 11.3 Å². The molecule has 0 bridgehead atoms. The van der Waals surface area contributed by atoms with Crippen LogP contribution in [0.1, 0.15) is 36.7 Å². The third-order valence-electron chi connectivity index (χ3n) is 3.15. The maximum atomic E-state index is 12.6. The number of aromatic nitrogens is 2. The summed E-state index contributed by atoms with van der Waals surface area (Å²) in [6.07, 6.45) is 2.80. The van der Waals surface area contributed by atoms with Crippen molar-refractivity contribution in [3.05, 3.63) is 47.8 Å². The molecule has 0 radical (unpaired) electrons. The van der Waals surface area contributed by atoms with Crippen LogP contribution in [-0.2, 0) is 11.3 Å². The van der Waals surface area contributed by atoms with Crippen molar-refractivity contribution >= 4 is 18.3 Å². The molecule has 0 aliphatic rings. The molecule has 0 aliphatic carbocycles. The quantitative estimate of drug-likeness (QED) is 0.775. The minimum atomic E-state index is -0.655. The normalized spacial score (nSPS) is 10.9. The molecule has 2 rings (SSSR count). The summed E-state index contributed by atoms with van der Waals surface area (Å²) in [5, 5.41) is 0. The summed E-state index contributed by atoms with van der Waals surface area (Å²) in [7, 11) is 1.59. The zero-order valence-electron chi connectivity index (χ0n) is 14.7. The Morgan fingerprint density at radius 3 is 2.24 bits per heavy atom. The number of anilines is 1. The Morgan fingerprint density at radius 2 is 1.76 bits per heavy atom. The van der Waals surface area contributed by atoms with E-state index in [1.807, 2.05) is 12.1 Å². The van der Waals surface area contributed by atoms with Crippen molar-refractivity contribution in [1.29, 1.82) is 0 Å². The standard InChI is InChI=1S/C18H21N3O4/c1-18(2,3)25-17(23)21(16-19-9-14(12-22)10-20-16)11-13-5-7-15(24-4)8-6-13/h5-10,12H,11H2,1-4H3. The monoisotopic (exact) mass is 343 g/mol. The number of benzene rings is 1. The van der Waals surface area contributed by atoms with Crippen molar-refractivity contribution in [3.8, 4) is 5.75 Å². The van der Waals surface area contributed by atoms with Crippen LogP contribution in [0.15, 0.2) is 36.7 Å².